The van der Waals surface area contributed by atoms with Crippen LogP contribution in [0.2, 0.25) is 0 Å². The number of Topliss-reactive ketones (excluding diaryl/α,β-unsaturated/α-hetero) is 1. The molecule has 3 aliphatic heterocycles. The highest BCUT2D eigenvalue weighted by Gasteiger charge is 2.62. The summed E-state index contributed by atoms with van der Waals surface area (Å²) in [7, 11) is 4.55. The van der Waals surface area contributed by atoms with Crippen LogP contribution < -0.4 is 0 Å². The van der Waals surface area contributed by atoms with E-state index in [4.69, 9.17) is 14.2 Å². The lowest BCUT2D eigenvalue weighted by molar-refractivity contribution is -0.170. The molecule has 2 saturated heterocycles. The molecule has 2 amide bonds. The third-order valence-electron chi connectivity index (χ3n) is 5.59. The number of hydrogen-bond donors (Lipinski definition) is 0. The van der Waals surface area contributed by atoms with Gasteiger partial charge in [0.1, 0.15) is 6.04 Å². The highest BCUT2D eigenvalue weighted by atomic mass is 16.7. The lowest BCUT2D eigenvalue weighted by atomic mass is 9.76. The van der Waals surface area contributed by atoms with Gasteiger partial charge < -0.3 is 24.0 Å². The van der Waals surface area contributed by atoms with Gasteiger partial charge in [0.2, 0.25) is 11.8 Å². The highest BCUT2D eigenvalue weighted by molar-refractivity contribution is 6.12. The van der Waals surface area contributed by atoms with Gasteiger partial charge in [-0.1, -0.05) is 0 Å². The molecule has 8 heteroatoms. The van der Waals surface area contributed by atoms with Crippen LogP contribution >= 0.6 is 0 Å². The Kier molecular flexibility index (Phi) is 3.36. The Labute approximate surface area is 145 Å². The molecule has 3 atom stereocenters. The lowest BCUT2D eigenvalue weighted by Gasteiger charge is -2.47. The quantitative estimate of drug-likeness (QED) is 0.675. The van der Waals surface area contributed by atoms with Crippen molar-refractivity contribution < 1.29 is 28.6 Å². The van der Waals surface area contributed by atoms with E-state index in [1.807, 2.05) is 0 Å². The Hall–Kier alpha value is -2.19. The normalized spacial score (nSPS) is 34.6. The zero-order chi connectivity index (χ0) is 18.1. The molecule has 0 spiro atoms. The number of fused-ring (bicyclic) bond motifs is 2. The number of rotatable bonds is 2. The van der Waals surface area contributed by atoms with E-state index in [-0.39, 0.29) is 37.2 Å². The van der Waals surface area contributed by atoms with Crippen molar-refractivity contribution in [1.82, 2.24) is 9.80 Å². The topological polar surface area (TPSA) is 85.4 Å². The van der Waals surface area contributed by atoms with Gasteiger partial charge in [-0.2, -0.15) is 0 Å². The molecule has 0 aromatic heterocycles. The second-order valence-corrected chi connectivity index (χ2v) is 6.74. The van der Waals surface area contributed by atoms with E-state index >= 15 is 0 Å². The number of allylic oxidation sites excluding steroid dienone is 1. The molecule has 2 fully saturated rings. The van der Waals surface area contributed by atoms with Crippen molar-refractivity contribution in [2.24, 2.45) is 0 Å². The largest absolute Gasteiger partial charge is 0.495 e. The molecule has 0 aromatic carbocycles. The van der Waals surface area contributed by atoms with E-state index in [0.29, 0.717) is 22.5 Å². The predicted octanol–water partition coefficient (Wildman–Crippen LogP) is -0.399. The molecule has 4 rings (SSSR count). The van der Waals surface area contributed by atoms with E-state index < -0.39 is 17.9 Å². The molecule has 3 heterocycles. The SMILES string of the molecule is COC1=C(C)C(=O)C2=C3[C@@H](CO[C@]13OC)N1C(=O)CN(C)C(=O)[C@@H]1C2. The summed E-state index contributed by atoms with van der Waals surface area (Å²) < 4.78 is 17.1. The van der Waals surface area contributed by atoms with Crippen LogP contribution in [0.4, 0.5) is 0 Å². The van der Waals surface area contributed by atoms with Crippen molar-refractivity contribution in [3.63, 3.8) is 0 Å². The Morgan fingerprint density at radius 3 is 2.56 bits per heavy atom. The maximum Gasteiger partial charge on any atom is 0.254 e. The zero-order valence-corrected chi connectivity index (χ0v) is 14.6. The molecule has 0 aromatic rings. The molecule has 8 nitrogen and oxygen atoms in total. The van der Waals surface area contributed by atoms with E-state index in [9.17, 15) is 14.4 Å². The van der Waals surface area contributed by atoms with Crippen molar-refractivity contribution in [2.75, 3.05) is 34.4 Å². The van der Waals surface area contributed by atoms with Crippen LogP contribution in [0.25, 0.3) is 0 Å². The molecule has 0 bridgehead atoms. The summed E-state index contributed by atoms with van der Waals surface area (Å²) >= 11 is 0. The van der Waals surface area contributed by atoms with Crippen molar-refractivity contribution in [1.29, 1.82) is 0 Å². The molecule has 4 aliphatic rings. The van der Waals surface area contributed by atoms with Crippen molar-refractivity contribution >= 4 is 17.6 Å². The monoisotopic (exact) mass is 348 g/mol. The average molecular weight is 348 g/mol. The first-order valence-corrected chi connectivity index (χ1v) is 8.16. The van der Waals surface area contributed by atoms with Crippen molar-refractivity contribution in [2.45, 2.75) is 31.2 Å². The highest BCUT2D eigenvalue weighted by Crippen LogP contribution is 2.51. The minimum Gasteiger partial charge on any atom is -0.495 e. The standard InChI is InChI=1S/C17H20N2O6/c1-8-14(21)9-5-10-16(22)18(2)6-12(20)19(10)11-7-25-17(24-4,13(9)11)15(8)23-3/h10-11H,5-7H2,1-4H3/t10-,11+,17-/m0/s1. The first kappa shape index (κ1) is 16.3. The number of ketones is 1. The fraction of sp³-hybridized carbons (Fsp3) is 0.588. The van der Waals surface area contributed by atoms with Gasteiger partial charge in [-0.15, -0.1) is 0 Å². The van der Waals surface area contributed by atoms with Crippen molar-refractivity contribution in [3.05, 3.63) is 22.5 Å². The predicted molar refractivity (Wildman–Crippen MR) is 84.1 cm³/mol. The second kappa shape index (κ2) is 5.15. The van der Waals surface area contributed by atoms with Crippen LogP contribution in [0.3, 0.4) is 0 Å². The number of carbonyl (C=O) groups is 3. The number of hydrogen-bond acceptors (Lipinski definition) is 6. The number of piperazine rings is 1. The molecular weight excluding hydrogens is 328 g/mol. The minimum atomic E-state index is -1.30. The maximum absolute atomic E-state index is 12.9. The third kappa shape index (κ3) is 1.81. The summed E-state index contributed by atoms with van der Waals surface area (Å²) in [5, 5.41) is 0. The smallest absolute Gasteiger partial charge is 0.254 e. The summed E-state index contributed by atoms with van der Waals surface area (Å²) in [4.78, 5) is 41.1. The van der Waals surface area contributed by atoms with Crippen LogP contribution in [0.15, 0.2) is 22.5 Å². The molecular formula is C17H20N2O6. The van der Waals surface area contributed by atoms with Crippen LogP contribution in [-0.4, -0.2) is 79.7 Å². The van der Waals surface area contributed by atoms with E-state index in [1.54, 1.807) is 18.9 Å². The van der Waals surface area contributed by atoms with Crippen molar-refractivity contribution in [3.8, 4) is 0 Å². The van der Waals surface area contributed by atoms with Gasteiger partial charge >= 0.3 is 0 Å². The minimum absolute atomic E-state index is 0.0222. The van der Waals surface area contributed by atoms with E-state index in [0.717, 1.165) is 0 Å². The number of ether oxygens (including phenoxy) is 3. The van der Waals surface area contributed by atoms with Gasteiger partial charge in [0.05, 0.1) is 26.3 Å². The fourth-order valence-electron chi connectivity index (χ4n) is 4.51. The van der Waals surface area contributed by atoms with Crippen LogP contribution in [0, 0.1) is 0 Å². The number of likely N-dealkylation sites (N-methyl/N-ethyl adjacent to an activating group) is 1. The molecule has 134 valence electrons. The maximum atomic E-state index is 12.9. The molecule has 0 saturated carbocycles. The lowest BCUT2D eigenvalue weighted by Crippen LogP contribution is -2.65. The fourth-order valence-corrected chi connectivity index (χ4v) is 4.51. The number of amides is 2. The van der Waals surface area contributed by atoms with Gasteiger partial charge in [0.25, 0.3) is 5.79 Å². The van der Waals surface area contributed by atoms with E-state index in [1.165, 1.54) is 19.1 Å². The van der Waals surface area contributed by atoms with Gasteiger partial charge in [0.15, 0.2) is 11.5 Å². The first-order chi connectivity index (χ1) is 11.9. The number of nitrogens with zero attached hydrogens (tertiary/aromatic N) is 2. The molecule has 25 heavy (non-hydrogen) atoms. The second-order valence-electron chi connectivity index (χ2n) is 6.74. The zero-order valence-electron chi connectivity index (χ0n) is 14.6. The number of methoxy groups -OCH3 is 2. The van der Waals surface area contributed by atoms with Gasteiger partial charge in [-0.3, -0.25) is 14.4 Å². The van der Waals surface area contributed by atoms with Gasteiger partial charge in [-0.05, 0) is 6.92 Å². The van der Waals surface area contributed by atoms with Crippen LogP contribution in [0.5, 0.6) is 0 Å². The Bertz CT molecular complexity index is 769. The summed E-state index contributed by atoms with van der Waals surface area (Å²) in [6, 6.07) is -1.17. The van der Waals surface area contributed by atoms with Gasteiger partial charge in [-0.25, -0.2) is 0 Å². The molecule has 0 radical (unpaired) electrons. The first-order valence-electron chi connectivity index (χ1n) is 8.16. The Morgan fingerprint density at radius 2 is 1.92 bits per heavy atom. The number of carbonyl (C=O) groups excluding carboxylic acids is 3. The Balaban J connectivity index is 1.91. The average Bonchev–Trinajstić information content (AvgIpc) is 2.98. The van der Waals surface area contributed by atoms with Gasteiger partial charge in [0, 0.05) is 37.3 Å². The summed E-state index contributed by atoms with van der Waals surface area (Å²) in [6.45, 7) is 1.84. The third-order valence-corrected chi connectivity index (χ3v) is 5.59. The Morgan fingerprint density at radius 1 is 1.20 bits per heavy atom. The van der Waals surface area contributed by atoms with Crippen LogP contribution in [0.1, 0.15) is 13.3 Å². The molecule has 0 unspecified atom stereocenters. The summed E-state index contributed by atoms with van der Waals surface area (Å²) in [5.74, 6) is -1.48. The summed E-state index contributed by atoms with van der Waals surface area (Å²) in [5.41, 5.74) is 1.50. The molecule has 1 aliphatic carbocycles. The van der Waals surface area contributed by atoms with E-state index in [2.05, 4.69) is 0 Å². The summed E-state index contributed by atoms with van der Waals surface area (Å²) in [6.07, 6.45) is 0.169. The molecule has 0 N–H and O–H groups in total. The van der Waals surface area contributed by atoms with Crippen LogP contribution in [-0.2, 0) is 28.6 Å².